The van der Waals surface area contributed by atoms with Gasteiger partial charge in [-0.25, -0.2) is 4.98 Å². The molecule has 0 saturated carbocycles. The van der Waals surface area contributed by atoms with E-state index in [1.165, 1.54) is 0 Å². The first-order valence-corrected chi connectivity index (χ1v) is 5.34. The zero-order valence-electron chi connectivity index (χ0n) is 9.62. The zero-order chi connectivity index (χ0) is 10.6. The van der Waals surface area contributed by atoms with Gasteiger partial charge in [-0.15, -0.1) is 0 Å². The Morgan fingerprint density at radius 1 is 1.29 bits per heavy atom. The molecule has 0 aliphatic carbocycles. The number of rotatable bonds is 5. The van der Waals surface area contributed by atoms with E-state index in [1.807, 2.05) is 12.4 Å². The largest absolute Gasteiger partial charge is 0.355 e. The van der Waals surface area contributed by atoms with Gasteiger partial charge in [0.05, 0.1) is 0 Å². The molecule has 0 atom stereocenters. The number of imidazole rings is 1. The third kappa shape index (κ3) is 3.40. The maximum Gasteiger partial charge on any atom is 0.202 e. The van der Waals surface area contributed by atoms with Gasteiger partial charge < -0.3 is 9.88 Å². The van der Waals surface area contributed by atoms with Crippen LogP contribution < -0.4 is 5.32 Å². The van der Waals surface area contributed by atoms with Crippen LogP contribution in [0.5, 0.6) is 0 Å². The van der Waals surface area contributed by atoms with E-state index in [4.69, 9.17) is 0 Å². The van der Waals surface area contributed by atoms with Crippen LogP contribution in [0.15, 0.2) is 12.4 Å². The van der Waals surface area contributed by atoms with Crippen molar-refractivity contribution in [2.75, 3.05) is 11.9 Å². The first kappa shape index (κ1) is 11.1. The molecular formula is C11H21N3. The molecule has 1 rings (SSSR count). The lowest BCUT2D eigenvalue weighted by molar-refractivity contribution is 0.524. The molecule has 3 nitrogen and oxygen atoms in total. The maximum atomic E-state index is 4.29. The summed E-state index contributed by atoms with van der Waals surface area (Å²) in [6, 6.07) is 0. The minimum atomic E-state index is 0.652. The molecule has 80 valence electrons. The molecule has 0 fully saturated rings. The highest BCUT2D eigenvalue weighted by Crippen LogP contribution is 2.08. The Morgan fingerprint density at radius 3 is 2.57 bits per heavy atom. The lowest BCUT2D eigenvalue weighted by atomic mass is 10.2. The highest BCUT2D eigenvalue weighted by molar-refractivity contribution is 5.25. The van der Waals surface area contributed by atoms with Crippen molar-refractivity contribution in [3.05, 3.63) is 12.4 Å². The van der Waals surface area contributed by atoms with Gasteiger partial charge in [0.1, 0.15) is 0 Å². The van der Waals surface area contributed by atoms with Gasteiger partial charge >= 0.3 is 0 Å². The first-order valence-electron chi connectivity index (χ1n) is 5.34. The number of aromatic nitrogens is 2. The van der Waals surface area contributed by atoms with E-state index in [2.05, 4.69) is 42.6 Å². The standard InChI is InChI=1S/C11H21N3/c1-9(2)7-13-11-12-5-6-14(11)8-10(3)4/h5-6,9-10H,7-8H2,1-4H3,(H,12,13). The topological polar surface area (TPSA) is 29.9 Å². The van der Waals surface area contributed by atoms with E-state index in [9.17, 15) is 0 Å². The zero-order valence-corrected chi connectivity index (χ0v) is 9.62. The van der Waals surface area contributed by atoms with E-state index in [0.29, 0.717) is 11.8 Å². The monoisotopic (exact) mass is 195 g/mol. The lowest BCUT2D eigenvalue weighted by Gasteiger charge is -2.12. The number of anilines is 1. The van der Waals surface area contributed by atoms with Crippen molar-refractivity contribution < 1.29 is 0 Å². The molecule has 0 spiro atoms. The van der Waals surface area contributed by atoms with Gasteiger partial charge in [-0.3, -0.25) is 0 Å². The summed E-state index contributed by atoms with van der Waals surface area (Å²) in [5.41, 5.74) is 0. The molecule has 1 N–H and O–H groups in total. The van der Waals surface area contributed by atoms with Crippen LogP contribution in [0.3, 0.4) is 0 Å². The Kier molecular flexibility index (Phi) is 3.98. The fourth-order valence-corrected chi connectivity index (χ4v) is 1.31. The van der Waals surface area contributed by atoms with Crippen LogP contribution in [0, 0.1) is 11.8 Å². The fraction of sp³-hybridized carbons (Fsp3) is 0.727. The van der Waals surface area contributed by atoms with Crippen molar-refractivity contribution in [3.8, 4) is 0 Å². The maximum absolute atomic E-state index is 4.29. The predicted molar refractivity (Wildman–Crippen MR) is 60.4 cm³/mol. The summed E-state index contributed by atoms with van der Waals surface area (Å²) in [5.74, 6) is 2.30. The summed E-state index contributed by atoms with van der Waals surface area (Å²) in [6.45, 7) is 10.8. The van der Waals surface area contributed by atoms with Gasteiger partial charge in [-0.05, 0) is 11.8 Å². The Bertz CT molecular complexity index is 263. The molecule has 0 radical (unpaired) electrons. The van der Waals surface area contributed by atoms with E-state index < -0.39 is 0 Å². The van der Waals surface area contributed by atoms with Gasteiger partial charge in [-0.2, -0.15) is 0 Å². The average molecular weight is 195 g/mol. The molecule has 1 heterocycles. The molecule has 0 unspecified atom stereocenters. The van der Waals surface area contributed by atoms with Crippen molar-refractivity contribution in [2.45, 2.75) is 34.2 Å². The summed E-state index contributed by atoms with van der Waals surface area (Å²) < 4.78 is 2.17. The van der Waals surface area contributed by atoms with Crippen LogP contribution in [0.25, 0.3) is 0 Å². The normalized spacial score (nSPS) is 11.3. The fourth-order valence-electron chi connectivity index (χ4n) is 1.31. The molecule has 0 aromatic carbocycles. The summed E-state index contributed by atoms with van der Waals surface area (Å²) >= 11 is 0. The summed E-state index contributed by atoms with van der Waals surface area (Å²) in [7, 11) is 0. The van der Waals surface area contributed by atoms with Gasteiger partial charge in [0.25, 0.3) is 0 Å². The van der Waals surface area contributed by atoms with Crippen LogP contribution >= 0.6 is 0 Å². The lowest BCUT2D eigenvalue weighted by Crippen LogP contribution is -2.14. The van der Waals surface area contributed by atoms with E-state index in [-0.39, 0.29) is 0 Å². The quantitative estimate of drug-likeness (QED) is 0.782. The van der Waals surface area contributed by atoms with Crippen molar-refractivity contribution in [1.29, 1.82) is 0 Å². The third-order valence-corrected chi connectivity index (χ3v) is 1.95. The van der Waals surface area contributed by atoms with Crippen LogP contribution in [0.1, 0.15) is 27.7 Å². The second-order valence-corrected chi connectivity index (χ2v) is 4.57. The molecule has 0 saturated heterocycles. The highest BCUT2D eigenvalue weighted by Gasteiger charge is 2.04. The van der Waals surface area contributed by atoms with Crippen molar-refractivity contribution >= 4 is 5.95 Å². The predicted octanol–water partition coefficient (Wildman–Crippen LogP) is 2.61. The second kappa shape index (κ2) is 5.03. The van der Waals surface area contributed by atoms with E-state index in [1.54, 1.807) is 0 Å². The number of nitrogens with zero attached hydrogens (tertiary/aromatic N) is 2. The third-order valence-electron chi connectivity index (χ3n) is 1.95. The smallest absolute Gasteiger partial charge is 0.202 e. The average Bonchev–Trinajstić information content (AvgIpc) is 2.47. The van der Waals surface area contributed by atoms with Gasteiger partial charge in [0.15, 0.2) is 0 Å². The minimum absolute atomic E-state index is 0.652. The highest BCUT2D eigenvalue weighted by atomic mass is 15.2. The molecule has 1 aromatic rings. The second-order valence-electron chi connectivity index (χ2n) is 4.57. The Balaban J connectivity index is 2.53. The minimum Gasteiger partial charge on any atom is -0.355 e. The van der Waals surface area contributed by atoms with Crippen LogP contribution in [-0.4, -0.2) is 16.1 Å². The van der Waals surface area contributed by atoms with E-state index in [0.717, 1.165) is 19.0 Å². The van der Waals surface area contributed by atoms with Crippen molar-refractivity contribution in [2.24, 2.45) is 11.8 Å². The van der Waals surface area contributed by atoms with Crippen LogP contribution in [0.4, 0.5) is 5.95 Å². The number of hydrogen-bond acceptors (Lipinski definition) is 2. The van der Waals surface area contributed by atoms with Crippen LogP contribution in [0.2, 0.25) is 0 Å². The number of hydrogen-bond donors (Lipinski definition) is 1. The van der Waals surface area contributed by atoms with Crippen LogP contribution in [-0.2, 0) is 6.54 Å². The van der Waals surface area contributed by atoms with Crippen molar-refractivity contribution in [1.82, 2.24) is 9.55 Å². The Labute approximate surface area is 86.5 Å². The molecule has 1 aromatic heterocycles. The van der Waals surface area contributed by atoms with E-state index >= 15 is 0 Å². The first-order chi connectivity index (χ1) is 6.59. The van der Waals surface area contributed by atoms with Crippen molar-refractivity contribution in [3.63, 3.8) is 0 Å². The Hall–Kier alpha value is -0.990. The molecule has 3 heteroatoms. The summed E-state index contributed by atoms with van der Waals surface area (Å²) in [6.07, 6.45) is 3.88. The molecule has 0 aliphatic heterocycles. The Morgan fingerprint density at radius 2 is 2.00 bits per heavy atom. The van der Waals surface area contributed by atoms with Gasteiger partial charge in [0, 0.05) is 25.5 Å². The SMILES string of the molecule is CC(C)CNc1nccn1CC(C)C. The number of nitrogens with one attached hydrogen (secondary N) is 1. The van der Waals surface area contributed by atoms with Gasteiger partial charge in [0.2, 0.25) is 5.95 Å². The molecular weight excluding hydrogens is 174 g/mol. The molecule has 0 aliphatic rings. The van der Waals surface area contributed by atoms with Gasteiger partial charge in [-0.1, -0.05) is 27.7 Å². The molecule has 0 amide bonds. The molecule has 0 bridgehead atoms. The summed E-state index contributed by atoms with van der Waals surface area (Å²) in [5, 5.41) is 3.35. The summed E-state index contributed by atoms with van der Waals surface area (Å²) in [4.78, 5) is 4.29. The molecule has 14 heavy (non-hydrogen) atoms.